The Balaban J connectivity index is 2.28. The summed E-state index contributed by atoms with van der Waals surface area (Å²) in [5.41, 5.74) is 7.86. The molecule has 19 heavy (non-hydrogen) atoms. The van der Waals surface area contributed by atoms with E-state index in [9.17, 15) is 4.79 Å². The topological polar surface area (TPSA) is 75.0 Å². The van der Waals surface area contributed by atoms with Crippen LogP contribution in [0, 0.1) is 3.57 Å². The van der Waals surface area contributed by atoms with Crippen LogP contribution in [0.3, 0.4) is 0 Å². The first-order valence-corrected chi connectivity index (χ1v) is 6.92. The van der Waals surface area contributed by atoms with Crippen molar-refractivity contribution in [2.75, 3.05) is 11.9 Å². The first kappa shape index (κ1) is 14.0. The minimum atomic E-state index is -0.121. The molecule has 100 valence electrons. The van der Waals surface area contributed by atoms with Gasteiger partial charge >= 0.3 is 0 Å². The third kappa shape index (κ3) is 3.13. The first-order valence-electron chi connectivity index (χ1n) is 5.84. The summed E-state index contributed by atoms with van der Waals surface area (Å²) in [7, 11) is 1.91. The SMILES string of the molecule is CN(Cc1ccccc1CN)c1nc[nH]c(=O)c1I. The molecule has 0 saturated heterocycles. The van der Waals surface area contributed by atoms with Gasteiger partial charge in [-0.3, -0.25) is 4.79 Å². The third-order valence-electron chi connectivity index (χ3n) is 2.89. The number of aromatic amines is 1. The van der Waals surface area contributed by atoms with Crippen molar-refractivity contribution < 1.29 is 0 Å². The van der Waals surface area contributed by atoms with Crippen molar-refractivity contribution in [3.05, 3.63) is 55.6 Å². The van der Waals surface area contributed by atoms with Crippen molar-refractivity contribution in [3.8, 4) is 0 Å². The molecule has 0 spiro atoms. The zero-order chi connectivity index (χ0) is 13.8. The average Bonchev–Trinajstić information content (AvgIpc) is 2.42. The van der Waals surface area contributed by atoms with E-state index in [4.69, 9.17) is 5.73 Å². The standard InChI is InChI=1S/C13H15IN4O/c1-18(12-11(14)13(19)17-8-16-12)7-10-5-3-2-4-9(10)6-15/h2-5,8H,6-7,15H2,1H3,(H,16,17,19). The van der Waals surface area contributed by atoms with Crippen LogP contribution < -0.4 is 16.2 Å². The second kappa shape index (κ2) is 6.16. The molecule has 0 aliphatic heterocycles. The van der Waals surface area contributed by atoms with E-state index < -0.39 is 0 Å². The Labute approximate surface area is 125 Å². The number of benzene rings is 1. The predicted octanol–water partition coefficient (Wildman–Crippen LogP) is 1.47. The lowest BCUT2D eigenvalue weighted by Gasteiger charge is -2.20. The van der Waals surface area contributed by atoms with Crippen LogP contribution in [0.4, 0.5) is 5.82 Å². The van der Waals surface area contributed by atoms with Gasteiger partial charge in [0.05, 0.1) is 6.33 Å². The molecule has 5 nitrogen and oxygen atoms in total. The number of hydrogen-bond donors (Lipinski definition) is 2. The summed E-state index contributed by atoms with van der Waals surface area (Å²) in [5, 5.41) is 0. The van der Waals surface area contributed by atoms with Crippen molar-refractivity contribution in [1.82, 2.24) is 9.97 Å². The summed E-state index contributed by atoms with van der Waals surface area (Å²) < 4.78 is 0.591. The fourth-order valence-electron chi connectivity index (χ4n) is 1.88. The van der Waals surface area contributed by atoms with E-state index in [1.165, 1.54) is 6.33 Å². The van der Waals surface area contributed by atoms with Crippen LogP contribution in [-0.4, -0.2) is 17.0 Å². The van der Waals surface area contributed by atoms with Gasteiger partial charge in [0, 0.05) is 20.1 Å². The lowest BCUT2D eigenvalue weighted by molar-refractivity contribution is 0.862. The lowest BCUT2D eigenvalue weighted by atomic mass is 10.1. The van der Waals surface area contributed by atoms with Gasteiger partial charge in [-0.2, -0.15) is 0 Å². The zero-order valence-corrected chi connectivity index (χ0v) is 12.7. The molecular weight excluding hydrogens is 355 g/mol. The Morgan fingerprint density at radius 1 is 1.37 bits per heavy atom. The maximum absolute atomic E-state index is 11.6. The summed E-state index contributed by atoms with van der Waals surface area (Å²) in [4.78, 5) is 20.3. The van der Waals surface area contributed by atoms with Gasteiger partial charge in [-0.15, -0.1) is 0 Å². The van der Waals surface area contributed by atoms with E-state index in [1.54, 1.807) is 0 Å². The van der Waals surface area contributed by atoms with Gasteiger partial charge < -0.3 is 15.6 Å². The molecule has 1 aromatic heterocycles. The Morgan fingerprint density at radius 2 is 2.05 bits per heavy atom. The van der Waals surface area contributed by atoms with Crippen molar-refractivity contribution in [2.24, 2.45) is 5.73 Å². The quantitative estimate of drug-likeness (QED) is 0.800. The molecule has 2 aromatic rings. The fourth-order valence-corrected chi connectivity index (χ4v) is 2.59. The van der Waals surface area contributed by atoms with Crippen LogP contribution in [0.25, 0.3) is 0 Å². The van der Waals surface area contributed by atoms with E-state index >= 15 is 0 Å². The van der Waals surface area contributed by atoms with Crippen molar-refractivity contribution in [1.29, 1.82) is 0 Å². The summed E-state index contributed by atoms with van der Waals surface area (Å²) >= 11 is 2.01. The number of rotatable bonds is 4. The largest absolute Gasteiger partial charge is 0.354 e. The van der Waals surface area contributed by atoms with Gasteiger partial charge in [0.1, 0.15) is 9.39 Å². The number of nitrogens with one attached hydrogen (secondary N) is 1. The first-order chi connectivity index (χ1) is 9.13. The number of halogens is 1. The van der Waals surface area contributed by atoms with E-state index in [0.717, 1.165) is 11.1 Å². The third-order valence-corrected chi connectivity index (χ3v) is 3.86. The number of hydrogen-bond acceptors (Lipinski definition) is 4. The molecule has 0 saturated carbocycles. The van der Waals surface area contributed by atoms with Crippen LogP contribution in [0.1, 0.15) is 11.1 Å². The van der Waals surface area contributed by atoms with Gasteiger partial charge in [0.25, 0.3) is 5.56 Å². The highest BCUT2D eigenvalue weighted by Gasteiger charge is 2.11. The summed E-state index contributed by atoms with van der Waals surface area (Å²) in [6.07, 6.45) is 1.42. The zero-order valence-electron chi connectivity index (χ0n) is 10.6. The van der Waals surface area contributed by atoms with E-state index in [0.29, 0.717) is 22.5 Å². The molecular formula is C13H15IN4O. The monoisotopic (exact) mass is 370 g/mol. The second-order valence-corrected chi connectivity index (χ2v) is 5.28. The number of nitrogens with zero attached hydrogens (tertiary/aromatic N) is 2. The van der Waals surface area contributed by atoms with E-state index in [2.05, 4.69) is 9.97 Å². The van der Waals surface area contributed by atoms with Gasteiger partial charge in [0.15, 0.2) is 0 Å². The number of aromatic nitrogens is 2. The molecule has 6 heteroatoms. The minimum absolute atomic E-state index is 0.121. The van der Waals surface area contributed by atoms with Crippen molar-refractivity contribution in [2.45, 2.75) is 13.1 Å². The van der Waals surface area contributed by atoms with Gasteiger partial charge in [-0.25, -0.2) is 4.98 Å². The molecule has 0 bridgehead atoms. The lowest BCUT2D eigenvalue weighted by Crippen LogP contribution is -2.24. The van der Waals surface area contributed by atoms with Gasteiger partial charge in [-0.1, -0.05) is 24.3 Å². The maximum Gasteiger partial charge on any atom is 0.266 e. The van der Waals surface area contributed by atoms with E-state index in [-0.39, 0.29) is 5.56 Å². The normalized spacial score (nSPS) is 10.5. The molecule has 0 unspecified atom stereocenters. The Bertz CT molecular complexity index is 626. The highest BCUT2D eigenvalue weighted by Crippen LogP contribution is 2.18. The molecule has 2 rings (SSSR count). The van der Waals surface area contributed by atoms with Crippen LogP contribution in [0.2, 0.25) is 0 Å². The summed E-state index contributed by atoms with van der Waals surface area (Å²) in [6, 6.07) is 8.01. The number of anilines is 1. The highest BCUT2D eigenvalue weighted by molar-refractivity contribution is 14.1. The van der Waals surface area contributed by atoms with Crippen LogP contribution in [0.15, 0.2) is 35.4 Å². The van der Waals surface area contributed by atoms with Crippen LogP contribution in [0.5, 0.6) is 0 Å². The molecule has 3 N–H and O–H groups in total. The second-order valence-electron chi connectivity index (χ2n) is 4.20. The molecule has 0 aliphatic rings. The highest BCUT2D eigenvalue weighted by atomic mass is 127. The molecule has 0 aliphatic carbocycles. The molecule has 0 fully saturated rings. The summed E-state index contributed by atoms with van der Waals surface area (Å²) in [5.74, 6) is 0.677. The van der Waals surface area contributed by atoms with Crippen molar-refractivity contribution >= 4 is 28.4 Å². The fraction of sp³-hybridized carbons (Fsp3) is 0.231. The Hall–Kier alpha value is -1.41. The van der Waals surface area contributed by atoms with Crippen molar-refractivity contribution in [3.63, 3.8) is 0 Å². The number of H-pyrrole nitrogens is 1. The Morgan fingerprint density at radius 3 is 2.74 bits per heavy atom. The van der Waals surface area contributed by atoms with Gasteiger partial charge in [-0.05, 0) is 33.7 Å². The van der Waals surface area contributed by atoms with Gasteiger partial charge in [0.2, 0.25) is 0 Å². The minimum Gasteiger partial charge on any atom is -0.354 e. The predicted molar refractivity (Wildman–Crippen MR) is 84.0 cm³/mol. The smallest absolute Gasteiger partial charge is 0.266 e. The molecule has 1 aromatic carbocycles. The van der Waals surface area contributed by atoms with Crippen LogP contribution in [-0.2, 0) is 13.1 Å². The van der Waals surface area contributed by atoms with E-state index in [1.807, 2.05) is 58.8 Å². The molecule has 0 radical (unpaired) electrons. The van der Waals surface area contributed by atoms with Crippen LogP contribution >= 0.6 is 22.6 Å². The molecule has 0 atom stereocenters. The molecule has 0 amide bonds. The molecule has 1 heterocycles. The summed E-state index contributed by atoms with van der Waals surface area (Å²) in [6.45, 7) is 1.17. The number of nitrogens with two attached hydrogens (primary N) is 1. The maximum atomic E-state index is 11.6. The Kier molecular flexibility index (Phi) is 4.54. The average molecular weight is 370 g/mol.